The van der Waals surface area contributed by atoms with Crippen LogP contribution in [0.15, 0.2) is 0 Å². The van der Waals surface area contributed by atoms with Crippen LogP contribution >= 0.6 is 12.2 Å². The third kappa shape index (κ3) is 5.88. The lowest BCUT2D eigenvalue weighted by molar-refractivity contribution is -0.122. The minimum absolute atomic E-state index is 0.00934. The molecule has 0 saturated carbocycles. The number of nitrogens with zero attached hydrogens (tertiary/aromatic N) is 2. The van der Waals surface area contributed by atoms with E-state index in [1.165, 1.54) is 25.9 Å². The van der Waals surface area contributed by atoms with E-state index in [-0.39, 0.29) is 17.5 Å². The van der Waals surface area contributed by atoms with Crippen LogP contribution in [-0.4, -0.2) is 65.1 Å². The van der Waals surface area contributed by atoms with Crippen molar-refractivity contribution in [1.82, 2.24) is 20.4 Å². The van der Waals surface area contributed by atoms with Gasteiger partial charge in [-0.15, -0.1) is 0 Å². The van der Waals surface area contributed by atoms with Crippen molar-refractivity contribution in [3.63, 3.8) is 0 Å². The average Bonchev–Trinajstić information content (AvgIpc) is 2.48. The fourth-order valence-corrected chi connectivity index (χ4v) is 4.24. The first kappa shape index (κ1) is 19.4. The van der Waals surface area contributed by atoms with E-state index in [1.54, 1.807) is 0 Å². The quantitative estimate of drug-likeness (QED) is 0.564. The molecule has 0 aromatic heterocycles. The topological polar surface area (TPSA) is 47.6 Å². The Morgan fingerprint density at radius 1 is 1.33 bits per heavy atom. The smallest absolute Gasteiger partial charge is 0.239 e. The predicted molar refractivity (Wildman–Crippen MR) is 103 cm³/mol. The van der Waals surface area contributed by atoms with Crippen molar-refractivity contribution < 1.29 is 4.79 Å². The Balaban J connectivity index is 1.63. The standard InChI is InChI=1S/C18H34N4OS/c1-14-6-10-21(11-7-14)9-5-8-19-16(23)13-22-15(2)12-18(3,4)20-17(22)24/h14-15H,5-13H2,1-4H3,(H,19,23)(H,20,24). The van der Waals surface area contributed by atoms with Gasteiger partial charge in [-0.05, 0) is 84.2 Å². The number of hydrogen-bond acceptors (Lipinski definition) is 3. The molecule has 2 rings (SSSR count). The highest BCUT2D eigenvalue weighted by molar-refractivity contribution is 7.80. The Morgan fingerprint density at radius 2 is 2.00 bits per heavy atom. The summed E-state index contributed by atoms with van der Waals surface area (Å²) in [6, 6.07) is 0.287. The summed E-state index contributed by atoms with van der Waals surface area (Å²) >= 11 is 5.43. The Bertz CT molecular complexity index is 446. The molecule has 0 aromatic rings. The number of thiocarbonyl (C=S) groups is 1. The third-order valence-corrected chi connectivity index (χ3v) is 5.54. The maximum Gasteiger partial charge on any atom is 0.239 e. The maximum atomic E-state index is 12.2. The SMILES string of the molecule is CC1CCN(CCCNC(=O)CN2C(=S)NC(C)(C)CC2C)CC1. The molecule has 1 atom stereocenters. The second-order valence-corrected chi connectivity index (χ2v) is 8.61. The molecular weight excluding hydrogens is 320 g/mol. The molecule has 2 aliphatic heterocycles. The summed E-state index contributed by atoms with van der Waals surface area (Å²) in [5, 5.41) is 7.06. The van der Waals surface area contributed by atoms with Crippen molar-refractivity contribution >= 4 is 23.2 Å². The van der Waals surface area contributed by atoms with Gasteiger partial charge in [-0.25, -0.2) is 0 Å². The van der Waals surface area contributed by atoms with Gasteiger partial charge in [-0.3, -0.25) is 4.79 Å². The van der Waals surface area contributed by atoms with Crippen LogP contribution in [0.3, 0.4) is 0 Å². The van der Waals surface area contributed by atoms with E-state index in [9.17, 15) is 4.79 Å². The van der Waals surface area contributed by atoms with Crippen molar-refractivity contribution in [1.29, 1.82) is 0 Å². The lowest BCUT2D eigenvalue weighted by atomic mass is 9.93. The van der Waals surface area contributed by atoms with Gasteiger partial charge >= 0.3 is 0 Å². The van der Waals surface area contributed by atoms with Crippen LogP contribution in [0.25, 0.3) is 0 Å². The van der Waals surface area contributed by atoms with Crippen LogP contribution in [0.1, 0.15) is 53.4 Å². The fraction of sp³-hybridized carbons (Fsp3) is 0.889. The summed E-state index contributed by atoms with van der Waals surface area (Å²) in [6.45, 7) is 13.4. The number of amides is 1. The second-order valence-electron chi connectivity index (χ2n) is 8.22. The first-order valence-corrected chi connectivity index (χ1v) is 9.75. The van der Waals surface area contributed by atoms with E-state index in [1.807, 2.05) is 4.90 Å². The molecule has 5 nitrogen and oxygen atoms in total. The monoisotopic (exact) mass is 354 g/mol. The summed E-state index contributed by atoms with van der Waals surface area (Å²) in [5.41, 5.74) is 0.00934. The molecule has 2 aliphatic rings. The summed E-state index contributed by atoms with van der Waals surface area (Å²) < 4.78 is 0. The van der Waals surface area contributed by atoms with Crippen molar-refractivity contribution in [2.24, 2.45) is 5.92 Å². The van der Waals surface area contributed by atoms with E-state index < -0.39 is 0 Å². The molecule has 1 amide bonds. The van der Waals surface area contributed by atoms with Gasteiger partial charge in [0.1, 0.15) is 0 Å². The summed E-state index contributed by atoms with van der Waals surface area (Å²) in [6.07, 6.45) is 4.61. The Hall–Kier alpha value is -0.880. The number of carbonyl (C=O) groups is 1. The molecule has 6 heteroatoms. The van der Waals surface area contributed by atoms with Crippen LogP contribution in [0.4, 0.5) is 0 Å². The normalized spacial score (nSPS) is 25.4. The molecule has 0 radical (unpaired) electrons. The minimum atomic E-state index is 0.00934. The average molecular weight is 355 g/mol. The van der Waals surface area contributed by atoms with Crippen molar-refractivity contribution in [3.05, 3.63) is 0 Å². The molecular formula is C18H34N4OS. The zero-order valence-electron chi connectivity index (χ0n) is 15.7. The van der Waals surface area contributed by atoms with E-state index in [4.69, 9.17) is 12.2 Å². The predicted octanol–water partition coefficient (Wildman–Crippen LogP) is 1.97. The van der Waals surface area contributed by atoms with Crippen molar-refractivity contribution in [3.8, 4) is 0 Å². The summed E-state index contributed by atoms with van der Waals surface area (Å²) in [5.74, 6) is 0.938. The number of piperidine rings is 1. The van der Waals surface area contributed by atoms with E-state index >= 15 is 0 Å². The Labute approximate surface area is 152 Å². The summed E-state index contributed by atoms with van der Waals surface area (Å²) in [7, 11) is 0. The van der Waals surface area contributed by atoms with Gasteiger partial charge in [-0.2, -0.15) is 0 Å². The van der Waals surface area contributed by atoms with Crippen molar-refractivity contribution in [2.45, 2.75) is 65.0 Å². The molecule has 24 heavy (non-hydrogen) atoms. The number of likely N-dealkylation sites (tertiary alicyclic amines) is 1. The summed E-state index contributed by atoms with van der Waals surface area (Å²) in [4.78, 5) is 16.7. The van der Waals surface area contributed by atoms with E-state index in [0.29, 0.717) is 11.7 Å². The van der Waals surface area contributed by atoms with E-state index in [2.05, 4.69) is 43.2 Å². The molecule has 2 fully saturated rings. The van der Waals surface area contributed by atoms with Gasteiger partial charge < -0.3 is 20.4 Å². The molecule has 0 bridgehead atoms. The fourth-order valence-electron chi connectivity index (χ4n) is 3.72. The highest BCUT2D eigenvalue weighted by Crippen LogP contribution is 2.21. The number of rotatable bonds is 6. The highest BCUT2D eigenvalue weighted by atomic mass is 32.1. The van der Waals surface area contributed by atoms with E-state index in [0.717, 1.165) is 31.8 Å². The zero-order chi connectivity index (χ0) is 17.7. The number of carbonyl (C=O) groups excluding carboxylic acids is 1. The molecule has 138 valence electrons. The van der Waals surface area contributed by atoms with Gasteiger partial charge in [-0.1, -0.05) is 6.92 Å². The molecule has 0 spiro atoms. The van der Waals surface area contributed by atoms with Gasteiger partial charge in [0.15, 0.2) is 5.11 Å². The number of hydrogen-bond donors (Lipinski definition) is 2. The number of nitrogens with one attached hydrogen (secondary N) is 2. The first-order valence-electron chi connectivity index (χ1n) is 9.35. The van der Waals surface area contributed by atoms with Crippen LogP contribution in [0.2, 0.25) is 0 Å². The van der Waals surface area contributed by atoms with Gasteiger partial charge in [0.2, 0.25) is 5.91 Å². The van der Waals surface area contributed by atoms with Crippen LogP contribution in [0, 0.1) is 5.92 Å². The minimum Gasteiger partial charge on any atom is -0.358 e. The molecule has 0 aromatic carbocycles. The Kier molecular flexibility index (Phi) is 6.87. The lowest BCUT2D eigenvalue weighted by Crippen LogP contribution is -2.61. The lowest BCUT2D eigenvalue weighted by Gasteiger charge is -2.44. The molecule has 2 heterocycles. The maximum absolute atomic E-state index is 12.2. The zero-order valence-corrected chi connectivity index (χ0v) is 16.5. The third-order valence-electron chi connectivity index (χ3n) is 5.21. The molecule has 2 N–H and O–H groups in total. The molecule has 1 unspecified atom stereocenters. The van der Waals surface area contributed by atoms with Gasteiger partial charge in [0.25, 0.3) is 0 Å². The second kappa shape index (κ2) is 8.48. The Morgan fingerprint density at radius 3 is 2.62 bits per heavy atom. The van der Waals surface area contributed by atoms with Crippen LogP contribution in [-0.2, 0) is 4.79 Å². The van der Waals surface area contributed by atoms with Gasteiger partial charge in [0, 0.05) is 18.1 Å². The van der Waals surface area contributed by atoms with Gasteiger partial charge in [0.05, 0.1) is 6.54 Å². The van der Waals surface area contributed by atoms with Crippen LogP contribution in [0.5, 0.6) is 0 Å². The molecule has 2 saturated heterocycles. The molecule has 0 aliphatic carbocycles. The largest absolute Gasteiger partial charge is 0.358 e. The highest BCUT2D eigenvalue weighted by Gasteiger charge is 2.33. The first-order chi connectivity index (χ1) is 11.3. The van der Waals surface area contributed by atoms with Crippen LogP contribution < -0.4 is 10.6 Å². The van der Waals surface area contributed by atoms with Crippen molar-refractivity contribution in [2.75, 3.05) is 32.7 Å².